The SMILES string of the molecule is CCCOCCn1nc(C)c([N+](=O)[O-])c1C(=O)OC.COC(C)=O. The van der Waals surface area contributed by atoms with Gasteiger partial charge in [-0.25, -0.2) is 9.48 Å². The van der Waals surface area contributed by atoms with Gasteiger partial charge in [-0.1, -0.05) is 6.92 Å². The number of methoxy groups -OCH3 is 2. The van der Waals surface area contributed by atoms with Crippen molar-refractivity contribution in [2.24, 2.45) is 0 Å². The second-order valence-corrected chi connectivity index (χ2v) is 4.56. The van der Waals surface area contributed by atoms with Gasteiger partial charge in [-0.15, -0.1) is 0 Å². The van der Waals surface area contributed by atoms with E-state index in [9.17, 15) is 19.7 Å². The molecule has 136 valence electrons. The summed E-state index contributed by atoms with van der Waals surface area (Å²) in [6.07, 6.45) is 0.877. The fraction of sp³-hybridized carbons (Fsp3) is 0.643. The molecule has 0 bridgehead atoms. The number of esters is 2. The summed E-state index contributed by atoms with van der Waals surface area (Å²) in [6.45, 7) is 6.00. The van der Waals surface area contributed by atoms with Crippen LogP contribution >= 0.6 is 0 Å². The Hall–Kier alpha value is -2.49. The first-order valence-electron chi connectivity index (χ1n) is 7.22. The minimum atomic E-state index is -0.775. The molecular weight excluding hydrogens is 322 g/mol. The number of hydrogen-bond donors (Lipinski definition) is 0. The van der Waals surface area contributed by atoms with Crippen LogP contribution < -0.4 is 0 Å². The van der Waals surface area contributed by atoms with Crippen molar-refractivity contribution >= 4 is 17.6 Å². The van der Waals surface area contributed by atoms with E-state index >= 15 is 0 Å². The molecule has 0 radical (unpaired) electrons. The van der Waals surface area contributed by atoms with Crippen LogP contribution in [0, 0.1) is 17.0 Å². The minimum Gasteiger partial charge on any atom is -0.469 e. The van der Waals surface area contributed by atoms with Crippen LogP contribution in [0.2, 0.25) is 0 Å². The van der Waals surface area contributed by atoms with E-state index in [-0.39, 0.29) is 29.6 Å². The number of ether oxygens (including phenoxy) is 3. The molecular formula is C14H23N3O7. The third-order valence-corrected chi connectivity index (χ3v) is 2.74. The number of aromatic nitrogens is 2. The first-order chi connectivity index (χ1) is 11.3. The fourth-order valence-electron chi connectivity index (χ4n) is 1.65. The van der Waals surface area contributed by atoms with Crippen LogP contribution in [0.3, 0.4) is 0 Å². The Morgan fingerprint density at radius 1 is 1.25 bits per heavy atom. The first-order valence-corrected chi connectivity index (χ1v) is 7.22. The Morgan fingerprint density at radius 3 is 2.25 bits per heavy atom. The Bertz CT molecular complexity index is 569. The molecule has 0 amide bonds. The first kappa shape index (κ1) is 21.5. The van der Waals surface area contributed by atoms with Gasteiger partial charge >= 0.3 is 17.6 Å². The molecule has 0 fully saturated rings. The molecule has 0 atom stereocenters. The highest BCUT2D eigenvalue weighted by molar-refractivity contribution is 5.92. The van der Waals surface area contributed by atoms with Crippen molar-refractivity contribution in [3.8, 4) is 0 Å². The monoisotopic (exact) mass is 345 g/mol. The molecule has 0 saturated carbocycles. The molecule has 10 nitrogen and oxygen atoms in total. The van der Waals surface area contributed by atoms with E-state index < -0.39 is 10.9 Å². The maximum Gasteiger partial charge on any atom is 0.363 e. The van der Waals surface area contributed by atoms with Crippen LogP contribution in [-0.2, 0) is 25.5 Å². The van der Waals surface area contributed by atoms with Gasteiger partial charge < -0.3 is 14.2 Å². The number of carbonyl (C=O) groups excluding carboxylic acids is 2. The maximum atomic E-state index is 11.6. The van der Waals surface area contributed by atoms with Crippen LogP contribution in [0.4, 0.5) is 5.69 Å². The minimum absolute atomic E-state index is 0.148. The van der Waals surface area contributed by atoms with Gasteiger partial charge in [0.2, 0.25) is 5.69 Å². The zero-order chi connectivity index (χ0) is 18.7. The van der Waals surface area contributed by atoms with Crippen LogP contribution in [0.15, 0.2) is 0 Å². The lowest BCUT2D eigenvalue weighted by Gasteiger charge is -2.05. The summed E-state index contributed by atoms with van der Waals surface area (Å²) in [4.78, 5) is 31.6. The lowest BCUT2D eigenvalue weighted by Crippen LogP contribution is -2.16. The molecule has 0 aliphatic heterocycles. The van der Waals surface area contributed by atoms with Crippen molar-refractivity contribution in [2.75, 3.05) is 27.4 Å². The highest BCUT2D eigenvalue weighted by atomic mass is 16.6. The van der Waals surface area contributed by atoms with E-state index in [2.05, 4.69) is 14.6 Å². The van der Waals surface area contributed by atoms with Gasteiger partial charge in [0.1, 0.15) is 5.69 Å². The highest BCUT2D eigenvalue weighted by Gasteiger charge is 2.31. The van der Waals surface area contributed by atoms with Crippen molar-refractivity contribution in [1.29, 1.82) is 0 Å². The van der Waals surface area contributed by atoms with Gasteiger partial charge in [-0.2, -0.15) is 5.10 Å². The second kappa shape index (κ2) is 11.1. The van der Waals surface area contributed by atoms with E-state index in [0.29, 0.717) is 13.2 Å². The van der Waals surface area contributed by atoms with E-state index in [4.69, 9.17) is 4.74 Å². The molecule has 0 saturated heterocycles. The average molecular weight is 345 g/mol. The molecule has 0 unspecified atom stereocenters. The summed E-state index contributed by atoms with van der Waals surface area (Å²) in [5.74, 6) is -1.02. The summed E-state index contributed by atoms with van der Waals surface area (Å²) in [7, 11) is 2.52. The molecule has 1 rings (SSSR count). The molecule has 0 N–H and O–H groups in total. The van der Waals surface area contributed by atoms with Gasteiger partial charge in [0.15, 0.2) is 0 Å². The molecule has 0 spiro atoms. The number of carbonyl (C=O) groups is 2. The number of hydrogen-bond acceptors (Lipinski definition) is 8. The van der Waals surface area contributed by atoms with Crippen molar-refractivity contribution < 1.29 is 28.7 Å². The topological polar surface area (TPSA) is 123 Å². The van der Waals surface area contributed by atoms with Crippen molar-refractivity contribution in [3.05, 3.63) is 21.5 Å². The normalized spacial score (nSPS) is 9.71. The van der Waals surface area contributed by atoms with Gasteiger partial charge in [0.25, 0.3) is 0 Å². The number of nitro groups is 1. The smallest absolute Gasteiger partial charge is 0.363 e. The Kier molecular flexibility index (Phi) is 9.96. The lowest BCUT2D eigenvalue weighted by molar-refractivity contribution is -0.385. The van der Waals surface area contributed by atoms with Crippen LogP contribution in [0.1, 0.15) is 36.5 Å². The lowest BCUT2D eigenvalue weighted by atomic mass is 10.3. The molecule has 10 heteroatoms. The van der Waals surface area contributed by atoms with E-state index in [1.165, 1.54) is 32.7 Å². The molecule has 0 aliphatic rings. The van der Waals surface area contributed by atoms with Gasteiger partial charge in [0.05, 0.1) is 32.3 Å². The zero-order valence-corrected chi connectivity index (χ0v) is 14.5. The predicted molar refractivity (Wildman–Crippen MR) is 83.8 cm³/mol. The van der Waals surface area contributed by atoms with Crippen LogP contribution in [0.5, 0.6) is 0 Å². The zero-order valence-electron chi connectivity index (χ0n) is 14.5. The quantitative estimate of drug-likeness (QED) is 0.315. The molecule has 24 heavy (non-hydrogen) atoms. The van der Waals surface area contributed by atoms with Gasteiger partial charge in [-0.05, 0) is 13.3 Å². The summed E-state index contributed by atoms with van der Waals surface area (Å²) in [6, 6.07) is 0. The largest absolute Gasteiger partial charge is 0.469 e. The van der Waals surface area contributed by atoms with E-state index in [1.54, 1.807) is 0 Å². The average Bonchev–Trinajstić information content (AvgIpc) is 2.87. The second-order valence-electron chi connectivity index (χ2n) is 4.56. The Balaban J connectivity index is 0.000000922. The van der Waals surface area contributed by atoms with Crippen molar-refractivity contribution in [2.45, 2.75) is 33.7 Å². The van der Waals surface area contributed by atoms with Crippen molar-refractivity contribution in [1.82, 2.24) is 9.78 Å². The van der Waals surface area contributed by atoms with Crippen LogP contribution in [0.25, 0.3) is 0 Å². The molecule has 1 aromatic rings. The van der Waals surface area contributed by atoms with E-state index in [0.717, 1.165) is 6.42 Å². The predicted octanol–water partition coefficient (Wildman–Crippen LogP) is 1.49. The highest BCUT2D eigenvalue weighted by Crippen LogP contribution is 2.23. The molecule has 1 heterocycles. The van der Waals surface area contributed by atoms with Gasteiger partial charge in [-0.3, -0.25) is 14.9 Å². The Morgan fingerprint density at radius 2 is 1.83 bits per heavy atom. The summed E-state index contributed by atoms with van der Waals surface area (Å²) >= 11 is 0. The van der Waals surface area contributed by atoms with Crippen LogP contribution in [-0.4, -0.2) is 54.1 Å². The maximum absolute atomic E-state index is 11.6. The summed E-state index contributed by atoms with van der Waals surface area (Å²) in [5.41, 5.74) is -0.284. The number of rotatable bonds is 7. The standard InChI is InChI=1S/C11H17N3O5.C3H6O2/c1-4-6-19-7-5-13-10(11(15)18-3)9(14(16)17)8(2)12-13;1-3(4)5-2/h4-7H2,1-3H3;1-2H3. The molecule has 0 aromatic carbocycles. The fourth-order valence-corrected chi connectivity index (χ4v) is 1.65. The third kappa shape index (κ3) is 6.73. The number of aryl methyl sites for hydroxylation is 1. The number of nitrogens with zero attached hydrogens (tertiary/aromatic N) is 3. The van der Waals surface area contributed by atoms with Crippen molar-refractivity contribution in [3.63, 3.8) is 0 Å². The van der Waals surface area contributed by atoms with E-state index in [1.807, 2.05) is 6.92 Å². The van der Waals surface area contributed by atoms with Gasteiger partial charge in [0, 0.05) is 13.5 Å². The Labute approximate surface area is 139 Å². The summed E-state index contributed by atoms with van der Waals surface area (Å²) < 4.78 is 15.2. The third-order valence-electron chi connectivity index (χ3n) is 2.74. The summed E-state index contributed by atoms with van der Waals surface area (Å²) in [5, 5.41) is 15.0. The molecule has 0 aliphatic carbocycles. The molecule has 1 aromatic heterocycles.